The Morgan fingerprint density at radius 3 is 2.50 bits per heavy atom. The maximum Gasteiger partial charge on any atom is 0.251 e. The van der Waals surface area contributed by atoms with Crippen molar-refractivity contribution in [1.29, 1.82) is 5.26 Å². The molecule has 0 bridgehead atoms. The van der Waals surface area contributed by atoms with Gasteiger partial charge in [-0.05, 0) is 30.5 Å². The third-order valence-electron chi connectivity index (χ3n) is 4.72. The lowest BCUT2D eigenvalue weighted by Crippen LogP contribution is -2.52. The summed E-state index contributed by atoms with van der Waals surface area (Å²) in [7, 11) is 0. The van der Waals surface area contributed by atoms with E-state index in [0.717, 1.165) is 12.0 Å². The molecule has 2 atom stereocenters. The Labute approximate surface area is 164 Å². The second-order valence-electron chi connectivity index (χ2n) is 6.71. The predicted octanol–water partition coefficient (Wildman–Crippen LogP) is 2.52. The first-order chi connectivity index (χ1) is 13.7. The molecule has 0 saturated carbocycles. The van der Waals surface area contributed by atoms with Gasteiger partial charge in [0.05, 0.1) is 19.3 Å². The van der Waals surface area contributed by atoms with Crippen molar-refractivity contribution in [2.45, 2.75) is 31.5 Å². The fourth-order valence-corrected chi connectivity index (χ4v) is 3.24. The van der Waals surface area contributed by atoms with E-state index >= 15 is 0 Å². The van der Waals surface area contributed by atoms with Gasteiger partial charge in [-0.15, -0.1) is 0 Å². The number of carbonyl (C=O) groups is 2. The molecule has 0 unspecified atom stereocenters. The van der Waals surface area contributed by atoms with Crippen LogP contribution < -0.4 is 5.32 Å². The average molecular weight is 377 g/mol. The molecule has 6 nitrogen and oxygen atoms in total. The second-order valence-corrected chi connectivity index (χ2v) is 6.71. The molecule has 3 rings (SSSR count). The first kappa shape index (κ1) is 19.6. The molecular weight excluding hydrogens is 354 g/mol. The van der Waals surface area contributed by atoms with Crippen molar-refractivity contribution in [2.75, 3.05) is 13.2 Å². The van der Waals surface area contributed by atoms with Crippen LogP contribution in [0.2, 0.25) is 0 Å². The number of hydrogen-bond donors (Lipinski definition) is 1. The van der Waals surface area contributed by atoms with E-state index in [1.54, 1.807) is 29.2 Å². The van der Waals surface area contributed by atoms with Gasteiger partial charge in [-0.1, -0.05) is 48.5 Å². The Morgan fingerprint density at radius 1 is 1.14 bits per heavy atom. The van der Waals surface area contributed by atoms with Crippen LogP contribution in [0, 0.1) is 11.3 Å². The van der Waals surface area contributed by atoms with Crippen molar-refractivity contribution in [1.82, 2.24) is 10.2 Å². The van der Waals surface area contributed by atoms with E-state index in [1.165, 1.54) is 0 Å². The zero-order valence-electron chi connectivity index (χ0n) is 15.6. The standard InChI is InChI=1S/C22H23N3O3/c23-14-19-12-7-13-25(19)22(27)20(16-28-15-17-8-3-1-4-9-17)24-21(26)18-10-5-2-6-11-18/h1-6,8-11,19-20H,7,12-13,15-16H2,(H,24,26)/t19-,20-/m0/s1. The van der Waals surface area contributed by atoms with Gasteiger partial charge in [0.25, 0.3) is 5.91 Å². The van der Waals surface area contributed by atoms with Gasteiger partial charge in [0.1, 0.15) is 12.1 Å². The number of ether oxygens (including phenoxy) is 1. The Hall–Kier alpha value is -3.17. The zero-order chi connectivity index (χ0) is 19.8. The molecular formula is C22H23N3O3. The van der Waals surface area contributed by atoms with Crippen LogP contribution in [-0.4, -0.2) is 41.9 Å². The monoisotopic (exact) mass is 377 g/mol. The van der Waals surface area contributed by atoms with Crippen LogP contribution in [0.5, 0.6) is 0 Å². The lowest BCUT2D eigenvalue weighted by Gasteiger charge is -2.26. The predicted molar refractivity (Wildman–Crippen MR) is 104 cm³/mol. The number of hydrogen-bond acceptors (Lipinski definition) is 4. The van der Waals surface area contributed by atoms with E-state index in [-0.39, 0.29) is 18.4 Å². The second kappa shape index (κ2) is 9.67. The van der Waals surface area contributed by atoms with Crippen LogP contribution in [-0.2, 0) is 16.1 Å². The fraction of sp³-hybridized carbons (Fsp3) is 0.318. The number of benzene rings is 2. The van der Waals surface area contributed by atoms with Gasteiger partial charge in [-0.3, -0.25) is 9.59 Å². The lowest BCUT2D eigenvalue weighted by atomic mass is 10.1. The topological polar surface area (TPSA) is 82.4 Å². The number of nitrogens with zero attached hydrogens (tertiary/aromatic N) is 2. The largest absolute Gasteiger partial charge is 0.374 e. The van der Waals surface area contributed by atoms with Crippen molar-refractivity contribution in [3.63, 3.8) is 0 Å². The minimum absolute atomic E-state index is 0.0426. The van der Waals surface area contributed by atoms with E-state index in [2.05, 4.69) is 11.4 Å². The number of nitrogens with one attached hydrogen (secondary N) is 1. The highest BCUT2D eigenvalue weighted by Crippen LogP contribution is 2.18. The minimum atomic E-state index is -0.842. The molecule has 1 aliphatic heterocycles. The molecule has 0 spiro atoms. The number of rotatable bonds is 7. The lowest BCUT2D eigenvalue weighted by molar-refractivity contribution is -0.134. The van der Waals surface area contributed by atoms with E-state index in [4.69, 9.17) is 4.74 Å². The van der Waals surface area contributed by atoms with E-state index in [1.807, 2.05) is 36.4 Å². The summed E-state index contributed by atoms with van der Waals surface area (Å²) in [5.74, 6) is -0.614. The van der Waals surface area contributed by atoms with Gasteiger partial charge in [-0.2, -0.15) is 5.26 Å². The Balaban J connectivity index is 1.68. The summed E-state index contributed by atoms with van der Waals surface area (Å²) in [6, 6.07) is 19.2. The summed E-state index contributed by atoms with van der Waals surface area (Å²) in [5.41, 5.74) is 1.46. The average Bonchev–Trinajstić information content (AvgIpc) is 3.22. The molecule has 6 heteroatoms. The third kappa shape index (κ3) is 4.96. The van der Waals surface area contributed by atoms with Gasteiger partial charge in [0, 0.05) is 12.1 Å². The molecule has 1 N–H and O–H groups in total. The van der Waals surface area contributed by atoms with Gasteiger partial charge < -0.3 is 15.0 Å². The first-order valence-electron chi connectivity index (χ1n) is 9.36. The highest BCUT2D eigenvalue weighted by Gasteiger charge is 2.34. The smallest absolute Gasteiger partial charge is 0.251 e. The molecule has 1 fully saturated rings. The summed E-state index contributed by atoms with van der Waals surface area (Å²) >= 11 is 0. The van der Waals surface area contributed by atoms with Gasteiger partial charge in [-0.25, -0.2) is 0 Å². The molecule has 144 valence electrons. The van der Waals surface area contributed by atoms with Crippen molar-refractivity contribution < 1.29 is 14.3 Å². The molecule has 1 aliphatic rings. The highest BCUT2D eigenvalue weighted by molar-refractivity contribution is 5.97. The number of nitriles is 1. The maximum atomic E-state index is 13.0. The summed E-state index contributed by atoms with van der Waals surface area (Å²) in [6.07, 6.45) is 1.45. The number of carbonyl (C=O) groups excluding carboxylic acids is 2. The number of amides is 2. The van der Waals surface area contributed by atoms with Crippen LogP contribution in [0.4, 0.5) is 0 Å². The zero-order valence-corrected chi connectivity index (χ0v) is 15.6. The molecule has 2 aromatic rings. The van der Waals surface area contributed by atoms with Crippen molar-refractivity contribution in [3.8, 4) is 6.07 Å². The van der Waals surface area contributed by atoms with E-state index in [0.29, 0.717) is 25.1 Å². The van der Waals surface area contributed by atoms with Gasteiger partial charge in [0.15, 0.2) is 0 Å². The van der Waals surface area contributed by atoms with Crippen LogP contribution in [0.15, 0.2) is 60.7 Å². The SMILES string of the molecule is N#C[C@@H]1CCCN1C(=O)[C@H](COCc1ccccc1)NC(=O)c1ccccc1. The summed E-state index contributed by atoms with van der Waals surface area (Å²) in [5, 5.41) is 12.1. The van der Waals surface area contributed by atoms with Crippen LogP contribution in [0.1, 0.15) is 28.8 Å². The fourth-order valence-electron chi connectivity index (χ4n) is 3.24. The van der Waals surface area contributed by atoms with Crippen LogP contribution in [0.3, 0.4) is 0 Å². The first-order valence-corrected chi connectivity index (χ1v) is 9.36. The molecule has 0 radical (unpaired) electrons. The number of likely N-dealkylation sites (tertiary alicyclic amines) is 1. The highest BCUT2D eigenvalue weighted by atomic mass is 16.5. The molecule has 0 aromatic heterocycles. The van der Waals surface area contributed by atoms with Gasteiger partial charge >= 0.3 is 0 Å². The normalized spacial score (nSPS) is 17.0. The minimum Gasteiger partial charge on any atom is -0.374 e. The Morgan fingerprint density at radius 2 is 1.82 bits per heavy atom. The molecule has 28 heavy (non-hydrogen) atoms. The van der Waals surface area contributed by atoms with Crippen molar-refractivity contribution in [2.24, 2.45) is 0 Å². The summed E-state index contributed by atoms with van der Waals surface area (Å²) < 4.78 is 5.72. The summed E-state index contributed by atoms with van der Waals surface area (Å²) in [4.78, 5) is 27.1. The van der Waals surface area contributed by atoms with E-state index < -0.39 is 12.1 Å². The molecule has 1 heterocycles. The van der Waals surface area contributed by atoms with Crippen molar-refractivity contribution in [3.05, 3.63) is 71.8 Å². The van der Waals surface area contributed by atoms with Gasteiger partial charge in [0.2, 0.25) is 5.91 Å². The molecule has 0 aliphatic carbocycles. The van der Waals surface area contributed by atoms with Crippen molar-refractivity contribution >= 4 is 11.8 Å². The summed E-state index contributed by atoms with van der Waals surface area (Å²) in [6.45, 7) is 0.905. The van der Waals surface area contributed by atoms with E-state index in [9.17, 15) is 14.9 Å². The van der Waals surface area contributed by atoms with Crippen LogP contribution >= 0.6 is 0 Å². The Kier molecular flexibility index (Phi) is 6.77. The third-order valence-corrected chi connectivity index (χ3v) is 4.72. The quantitative estimate of drug-likeness (QED) is 0.804. The maximum absolute atomic E-state index is 13.0. The molecule has 1 saturated heterocycles. The molecule has 2 aromatic carbocycles. The van der Waals surface area contributed by atoms with Crippen LogP contribution in [0.25, 0.3) is 0 Å². The molecule has 2 amide bonds. The Bertz CT molecular complexity index is 833.